The number of carbonyl (C=O) groups excluding carboxylic acids is 1. The van der Waals surface area contributed by atoms with Crippen LogP contribution in [0.25, 0.3) is 0 Å². The maximum absolute atomic E-state index is 12.4. The van der Waals surface area contributed by atoms with Crippen molar-refractivity contribution in [2.45, 2.75) is 38.6 Å². The van der Waals surface area contributed by atoms with Gasteiger partial charge in [0, 0.05) is 25.6 Å². The first kappa shape index (κ1) is 14.8. The molecule has 19 heavy (non-hydrogen) atoms. The molecule has 0 aromatic carbocycles. The lowest BCUT2D eigenvalue weighted by atomic mass is 9.85. The number of likely N-dealkylation sites (tertiary alicyclic amines) is 1. The summed E-state index contributed by atoms with van der Waals surface area (Å²) >= 11 is 0. The average Bonchev–Trinajstić information content (AvgIpc) is 2.89. The van der Waals surface area contributed by atoms with Crippen molar-refractivity contribution < 1.29 is 4.79 Å². The lowest BCUT2D eigenvalue weighted by Crippen LogP contribution is -2.38. The van der Waals surface area contributed by atoms with Gasteiger partial charge in [-0.2, -0.15) is 0 Å². The van der Waals surface area contributed by atoms with E-state index >= 15 is 0 Å². The van der Waals surface area contributed by atoms with Crippen LogP contribution >= 0.6 is 0 Å². The van der Waals surface area contributed by atoms with Crippen LogP contribution in [0.5, 0.6) is 0 Å². The predicted molar refractivity (Wildman–Crippen MR) is 78.0 cm³/mol. The largest absolute Gasteiger partial charge is 0.341 e. The van der Waals surface area contributed by atoms with Crippen LogP contribution < -0.4 is 5.32 Å². The Morgan fingerprint density at radius 2 is 2.21 bits per heavy atom. The molecule has 1 amide bonds. The fraction of sp³-hybridized carbons (Fsp3) is 0.933. The van der Waals surface area contributed by atoms with Crippen molar-refractivity contribution in [3.8, 4) is 0 Å². The molecule has 0 aliphatic carbocycles. The highest BCUT2D eigenvalue weighted by atomic mass is 16.2. The summed E-state index contributed by atoms with van der Waals surface area (Å²) in [4.78, 5) is 16.7. The number of nitrogens with zero attached hydrogens (tertiary/aromatic N) is 2. The monoisotopic (exact) mass is 267 g/mol. The number of nitrogens with one attached hydrogen (secondary N) is 1. The van der Waals surface area contributed by atoms with Crippen LogP contribution in [0.1, 0.15) is 32.6 Å². The van der Waals surface area contributed by atoms with Gasteiger partial charge in [0.2, 0.25) is 5.91 Å². The van der Waals surface area contributed by atoms with Crippen LogP contribution in [0.2, 0.25) is 0 Å². The number of carbonyl (C=O) groups is 1. The number of hydrogen-bond donors (Lipinski definition) is 1. The van der Waals surface area contributed by atoms with Crippen LogP contribution in [0.15, 0.2) is 0 Å². The normalized spacial score (nSPS) is 29.8. The molecular weight excluding hydrogens is 238 g/mol. The summed E-state index contributed by atoms with van der Waals surface area (Å²) in [6, 6.07) is 0.551. The van der Waals surface area contributed by atoms with Gasteiger partial charge in [0.15, 0.2) is 0 Å². The molecule has 2 saturated heterocycles. The van der Waals surface area contributed by atoms with Gasteiger partial charge in [-0.1, -0.05) is 6.92 Å². The Bertz CT molecular complexity index is 300. The minimum absolute atomic E-state index is 0.363. The Morgan fingerprint density at radius 3 is 2.79 bits per heavy atom. The minimum atomic E-state index is 0.363. The van der Waals surface area contributed by atoms with E-state index in [1.165, 1.54) is 12.8 Å². The number of hydrogen-bond acceptors (Lipinski definition) is 3. The summed E-state index contributed by atoms with van der Waals surface area (Å²) in [6.45, 7) is 6.34. The zero-order valence-corrected chi connectivity index (χ0v) is 12.7. The molecule has 2 heterocycles. The molecule has 0 bridgehead atoms. The molecule has 4 nitrogen and oxygen atoms in total. The highest BCUT2D eigenvalue weighted by Crippen LogP contribution is 2.24. The molecular formula is C15H29N3O. The molecule has 2 aliphatic heterocycles. The molecule has 2 rings (SSSR count). The fourth-order valence-electron chi connectivity index (χ4n) is 3.33. The highest BCUT2D eigenvalue weighted by Gasteiger charge is 2.29. The first-order valence-corrected chi connectivity index (χ1v) is 7.73. The first-order valence-electron chi connectivity index (χ1n) is 7.73. The van der Waals surface area contributed by atoms with Crippen LogP contribution in [0.4, 0.5) is 0 Å². The molecule has 2 aliphatic rings. The summed E-state index contributed by atoms with van der Waals surface area (Å²) < 4.78 is 0. The lowest BCUT2D eigenvalue weighted by Gasteiger charge is -2.29. The number of piperidine rings is 1. The van der Waals surface area contributed by atoms with E-state index < -0.39 is 0 Å². The number of rotatable bonds is 4. The van der Waals surface area contributed by atoms with Crippen molar-refractivity contribution in [3.63, 3.8) is 0 Å². The molecule has 0 radical (unpaired) electrons. The molecule has 3 unspecified atom stereocenters. The van der Waals surface area contributed by atoms with E-state index in [-0.39, 0.29) is 0 Å². The van der Waals surface area contributed by atoms with E-state index in [2.05, 4.69) is 36.1 Å². The molecule has 2 fully saturated rings. The molecule has 110 valence electrons. The van der Waals surface area contributed by atoms with E-state index in [4.69, 9.17) is 0 Å². The SMILES string of the molecule is CC(CC(=O)N1CCC(N(C)C)C1)C1CCCNC1. The smallest absolute Gasteiger partial charge is 0.222 e. The van der Waals surface area contributed by atoms with Crippen LogP contribution in [0.3, 0.4) is 0 Å². The summed E-state index contributed by atoms with van der Waals surface area (Å²) in [5, 5.41) is 3.45. The zero-order chi connectivity index (χ0) is 13.8. The minimum Gasteiger partial charge on any atom is -0.341 e. The Balaban J connectivity index is 1.77. The van der Waals surface area contributed by atoms with Gasteiger partial charge in [-0.05, 0) is 58.3 Å². The number of amides is 1. The number of likely N-dealkylation sites (N-methyl/N-ethyl adjacent to an activating group) is 1. The average molecular weight is 267 g/mol. The molecule has 4 heteroatoms. The Hall–Kier alpha value is -0.610. The van der Waals surface area contributed by atoms with Crippen LogP contribution in [-0.2, 0) is 4.79 Å². The molecule has 0 saturated carbocycles. The van der Waals surface area contributed by atoms with Gasteiger partial charge < -0.3 is 15.1 Å². The molecule has 0 aromatic rings. The van der Waals surface area contributed by atoms with Crippen molar-refractivity contribution in [2.24, 2.45) is 11.8 Å². The van der Waals surface area contributed by atoms with E-state index in [1.54, 1.807) is 0 Å². The third kappa shape index (κ3) is 3.93. The van der Waals surface area contributed by atoms with Gasteiger partial charge in [-0.3, -0.25) is 4.79 Å². The van der Waals surface area contributed by atoms with Crippen LogP contribution in [-0.4, -0.2) is 62.0 Å². The van der Waals surface area contributed by atoms with Crippen molar-refractivity contribution in [1.29, 1.82) is 0 Å². The second-order valence-electron chi connectivity index (χ2n) is 6.53. The van der Waals surface area contributed by atoms with Crippen molar-refractivity contribution >= 4 is 5.91 Å². The van der Waals surface area contributed by atoms with Gasteiger partial charge in [0.25, 0.3) is 0 Å². The fourth-order valence-corrected chi connectivity index (χ4v) is 3.33. The molecule has 0 aromatic heterocycles. The van der Waals surface area contributed by atoms with Crippen molar-refractivity contribution in [2.75, 3.05) is 40.3 Å². The zero-order valence-electron chi connectivity index (χ0n) is 12.7. The second kappa shape index (κ2) is 6.71. The summed E-state index contributed by atoms with van der Waals surface area (Å²) in [5.41, 5.74) is 0. The predicted octanol–water partition coefficient (Wildman–Crippen LogP) is 1.17. The van der Waals surface area contributed by atoms with Gasteiger partial charge in [0.05, 0.1) is 0 Å². The molecule has 3 atom stereocenters. The van der Waals surface area contributed by atoms with Gasteiger partial charge in [-0.15, -0.1) is 0 Å². The summed E-state index contributed by atoms with van der Waals surface area (Å²) in [5.74, 6) is 1.56. The Kier molecular flexibility index (Phi) is 5.22. The van der Waals surface area contributed by atoms with E-state index in [0.29, 0.717) is 23.8 Å². The standard InChI is InChI=1S/C15H29N3O/c1-12(13-5-4-7-16-10-13)9-15(19)18-8-6-14(11-18)17(2)3/h12-14,16H,4-11H2,1-3H3. The van der Waals surface area contributed by atoms with Gasteiger partial charge in [0.1, 0.15) is 0 Å². The topological polar surface area (TPSA) is 35.6 Å². The van der Waals surface area contributed by atoms with Gasteiger partial charge >= 0.3 is 0 Å². The molecule has 0 spiro atoms. The quantitative estimate of drug-likeness (QED) is 0.831. The van der Waals surface area contributed by atoms with Crippen molar-refractivity contribution in [3.05, 3.63) is 0 Å². The molecule has 1 N–H and O–H groups in total. The third-order valence-electron chi connectivity index (χ3n) is 4.88. The summed E-state index contributed by atoms with van der Waals surface area (Å²) in [6.07, 6.45) is 4.39. The second-order valence-corrected chi connectivity index (χ2v) is 6.53. The van der Waals surface area contributed by atoms with Crippen molar-refractivity contribution in [1.82, 2.24) is 15.1 Å². The Labute approximate surface area is 117 Å². The summed E-state index contributed by atoms with van der Waals surface area (Å²) in [7, 11) is 4.21. The third-order valence-corrected chi connectivity index (χ3v) is 4.88. The van der Waals surface area contributed by atoms with E-state index in [1.807, 2.05) is 0 Å². The lowest BCUT2D eigenvalue weighted by molar-refractivity contribution is -0.131. The van der Waals surface area contributed by atoms with Crippen LogP contribution in [0, 0.1) is 11.8 Å². The maximum atomic E-state index is 12.4. The first-order chi connectivity index (χ1) is 9.08. The van der Waals surface area contributed by atoms with E-state index in [9.17, 15) is 4.79 Å². The Morgan fingerprint density at radius 1 is 1.42 bits per heavy atom. The van der Waals surface area contributed by atoms with Gasteiger partial charge in [-0.25, -0.2) is 0 Å². The van der Waals surface area contributed by atoms with E-state index in [0.717, 1.165) is 39.0 Å². The highest BCUT2D eigenvalue weighted by molar-refractivity contribution is 5.76. The maximum Gasteiger partial charge on any atom is 0.222 e.